The van der Waals surface area contributed by atoms with Gasteiger partial charge in [0, 0.05) is 25.2 Å². The summed E-state index contributed by atoms with van der Waals surface area (Å²) in [7, 11) is 2.24. The first-order chi connectivity index (χ1) is 7.54. The average molecular weight is 228 g/mol. The minimum atomic E-state index is 0.634. The Morgan fingerprint density at radius 2 is 1.56 bits per heavy atom. The number of hydrogen-bond donors (Lipinski definition) is 1. The lowest BCUT2D eigenvalue weighted by molar-refractivity contribution is 0.212. The van der Waals surface area contributed by atoms with Gasteiger partial charge in [0.05, 0.1) is 0 Å². The van der Waals surface area contributed by atoms with E-state index in [1.165, 1.54) is 25.8 Å². The van der Waals surface area contributed by atoms with Gasteiger partial charge in [-0.2, -0.15) is 0 Å². The fourth-order valence-corrected chi connectivity index (χ4v) is 1.87. The summed E-state index contributed by atoms with van der Waals surface area (Å²) in [6.45, 7) is 13.8. The maximum absolute atomic E-state index is 3.65. The van der Waals surface area contributed by atoms with E-state index in [-0.39, 0.29) is 0 Å². The Kier molecular flexibility index (Phi) is 8.96. The van der Waals surface area contributed by atoms with Crippen LogP contribution in [0.25, 0.3) is 0 Å². The number of likely N-dealkylation sites (N-methyl/N-ethyl adjacent to an activating group) is 1. The topological polar surface area (TPSA) is 15.3 Å². The van der Waals surface area contributed by atoms with Gasteiger partial charge in [-0.3, -0.25) is 0 Å². The van der Waals surface area contributed by atoms with Crippen molar-refractivity contribution in [2.45, 2.75) is 66.0 Å². The average Bonchev–Trinajstić information content (AvgIpc) is 2.29. The normalized spacial score (nSPS) is 15.8. The van der Waals surface area contributed by atoms with Crippen LogP contribution in [-0.4, -0.2) is 37.1 Å². The first kappa shape index (κ1) is 15.9. The molecule has 0 aliphatic rings. The highest BCUT2D eigenvalue weighted by molar-refractivity contribution is 4.71. The highest BCUT2D eigenvalue weighted by atomic mass is 15.1. The smallest absolute Gasteiger partial charge is 0.0189 e. The lowest BCUT2D eigenvalue weighted by Crippen LogP contribution is -2.42. The summed E-state index contributed by atoms with van der Waals surface area (Å²) in [6.07, 6.45) is 3.74. The quantitative estimate of drug-likeness (QED) is 0.652. The van der Waals surface area contributed by atoms with E-state index >= 15 is 0 Å². The Morgan fingerprint density at radius 3 is 2.00 bits per heavy atom. The van der Waals surface area contributed by atoms with Gasteiger partial charge in [0.25, 0.3) is 0 Å². The molecular formula is C14H32N2. The molecule has 2 unspecified atom stereocenters. The van der Waals surface area contributed by atoms with E-state index < -0.39 is 0 Å². The predicted molar refractivity (Wildman–Crippen MR) is 73.9 cm³/mol. The summed E-state index contributed by atoms with van der Waals surface area (Å²) in [5, 5.41) is 3.65. The van der Waals surface area contributed by atoms with E-state index in [0.717, 1.165) is 12.5 Å². The standard InChI is InChI=1S/C14H32N2/c1-7-12(4)11-16(6)13(5)10-15-14(8-2)9-3/h12-15H,7-11H2,1-6H3. The molecule has 0 aliphatic heterocycles. The second-order valence-corrected chi connectivity index (χ2v) is 5.22. The molecule has 2 atom stereocenters. The molecule has 0 aromatic carbocycles. The molecule has 0 bridgehead atoms. The lowest BCUT2D eigenvalue weighted by Gasteiger charge is -2.29. The van der Waals surface area contributed by atoms with Crippen molar-refractivity contribution in [1.29, 1.82) is 0 Å². The maximum atomic E-state index is 3.65. The molecule has 1 N–H and O–H groups in total. The van der Waals surface area contributed by atoms with Crippen LogP contribution in [0.1, 0.15) is 53.9 Å². The monoisotopic (exact) mass is 228 g/mol. The molecule has 0 aromatic heterocycles. The van der Waals surface area contributed by atoms with E-state index in [2.05, 4.69) is 51.9 Å². The van der Waals surface area contributed by atoms with Gasteiger partial charge >= 0.3 is 0 Å². The van der Waals surface area contributed by atoms with Crippen molar-refractivity contribution >= 4 is 0 Å². The van der Waals surface area contributed by atoms with E-state index in [1.54, 1.807) is 0 Å². The minimum absolute atomic E-state index is 0.634. The Morgan fingerprint density at radius 1 is 1.00 bits per heavy atom. The fraction of sp³-hybridized carbons (Fsp3) is 1.00. The van der Waals surface area contributed by atoms with E-state index in [4.69, 9.17) is 0 Å². The van der Waals surface area contributed by atoms with Crippen molar-refractivity contribution in [3.05, 3.63) is 0 Å². The first-order valence-electron chi connectivity index (χ1n) is 6.98. The van der Waals surface area contributed by atoms with Crippen molar-refractivity contribution < 1.29 is 0 Å². The zero-order chi connectivity index (χ0) is 12.6. The van der Waals surface area contributed by atoms with Gasteiger partial charge in [-0.25, -0.2) is 0 Å². The molecule has 0 spiro atoms. The SMILES string of the molecule is CCC(C)CN(C)C(C)CNC(CC)CC. The molecule has 0 aliphatic carbocycles. The van der Waals surface area contributed by atoms with Gasteiger partial charge in [-0.1, -0.05) is 34.1 Å². The van der Waals surface area contributed by atoms with Crippen LogP contribution < -0.4 is 5.32 Å². The van der Waals surface area contributed by atoms with Crippen LogP contribution in [0.3, 0.4) is 0 Å². The zero-order valence-corrected chi connectivity index (χ0v) is 12.2. The van der Waals surface area contributed by atoms with Crippen LogP contribution >= 0.6 is 0 Å². The molecule has 2 heteroatoms. The van der Waals surface area contributed by atoms with Gasteiger partial charge in [-0.15, -0.1) is 0 Å². The number of rotatable bonds is 9. The van der Waals surface area contributed by atoms with Crippen LogP contribution in [0.5, 0.6) is 0 Å². The summed E-state index contributed by atoms with van der Waals surface area (Å²) in [6, 6.07) is 1.33. The zero-order valence-electron chi connectivity index (χ0n) is 12.2. The van der Waals surface area contributed by atoms with Crippen molar-refractivity contribution in [3.63, 3.8) is 0 Å². The second kappa shape index (κ2) is 9.00. The molecule has 0 heterocycles. The fourth-order valence-electron chi connectivity index (χ4n) is 1.87. The Balaban J connectivity index is 3.81. The number of hydrogen-bond acceptors (Lipinski definition) is 2. The number of nitrogens with zero attached hydrogens (tertiary/aromatic N) is 1. The molecule has 0 saturated heterocycles. The van der Waals surface area contributed by atoms with E-state index in [1.807, 2.05) is 0 Å². The van der Waals surface area contributed by atoms with Gasteiger partial charge in [-0.05, 0) is 32.7 Å². The molecule has 0 saturated carbocycles. The molecule has 98 valence electrons. The van der Waals surface area contributed by atoms with Gasteiger partial charge < -0.3 is 10.2 Å². The Hall–Kier alpha value is -0.0800. The summed E-state index contributed by atoms with van der Waals surface area (Å²) in [5.41, 5.74) is 0. The van der Waals surface area contributed by atoms with Crippen LogP contribution in [0.2, 0.25) is 0 Å². The lowest BCUT2D eigenvalue weighted by atomic mass is 10.1. The number of nitrogens with one attached hydrogen (secondary N) is 1. The molecule has 0 rings (SSSR count). The minimum Gasteiger partial charge on any atom is -0.312 e. The van der Waals surface area contributed by atoms with Crippen molar-refractivity contribution in [1.82, 2.24) is 10.2 Å². The summed E-state index contributed by atoms with van der Waals surface area (Å²) in [4.78, 5) is 2.48. The predicted octanol–water partition coefficient (Wildman–Crippen LogP) is 3.13. The van der Waals surface area contributed by atoms with Gasteiger partial charge in [0.15, 0.2) is 0 Å². The third-order valence-corrected chi connectivity index (χ3v) is 3.74. The molecule has 0 amide bonds. The van der Waals surface area contributed by atoms with Crippen LogP contribution in [0, 0.1) is 5.92 Å². The van der Waals surface area contributed by atoms with Crippen molar-refractivity contribution in [2.24, 2.45) is 5.92 Å². The summed E-state index contributed by atoms with van der Waals surface area (Å²) >= 11 is 0. The highest BCUT2D eigenvalue weighted by Gasteiger charge is 2.12. The first-order valence-corrected chi connectivity index (χ1v) is 6.98. The van der Waals surface area contributed by atoms with Gasteiger partial charge in [0.2, 0.25) is 0 Å². The van der Waals surface area contributed by atoms with Crippen molar-refractivity contribution in [3.8, 4) is 0 Å². The van der Waals surface area contributed by atoms with Crippen molar-refractivity contribution in [2.75, 3.05) is 20.1 Å². The second-order valence-electron chi connectivity index (χ2n) is 5.22. The molecule has 0 aromatic rings. The van der Waals surface area contributed by atoms with E-state index in [9.17, 15) is 0 Å². The molecule has 2 nitrogen and oxygen atoms in total. The summed E-state index contributed by atoms with van der Waals surface area (Å²) < 4.78 is 0. The summed E-state index contributed by atoms with van der Waals surface area (Å²) in [5.74, 6) is 0.806. The van der Waals surface area contributed by atoms with Crippen LogP contribution in [0.15, 0.2) is 0 Å². The molecule has 0 fully saturated rings. The Labute approximate surface area is 103 Å². The van der Waals surface area contributed by atoms with E-state index in [0.29, 0.717) is 12.1 Å². The van der Waals surface area contributed by atoms with Crippen LogP contribution in [-0.2, 0) is 0 Å². The largest absolute Gasteiger partial charge is 0.312 e. The third-order valence-electron chi connectivity index (χ3n) is 3.74. The molecular weight excluding hydrogens is 196 g/mol. The highest BCUT2D eigenvalue weighted by Crippen LogP contribution is 2.06. The Bertz CT molecular complexity index is 155. The van der Waals surface area contributed by atoms with Gasteiger partial charge in [0.1, 0.15) is 0 Å². The third kappa shape index (κ3) is 6.49. The van der Waals surface area contributed by atoms with Crippen LogP contribution in [0.4, 0.5) is 0 Å². The molecule has 0 radical (unpaired) electrons. The maximum Gasteiger partial charge on any atom is 0.0189 e. The molecule has 16 heavy (non-hydrogen) atoms.